The number of urea groups is 1. The maximum Gasteiger partial charge on any atom is 0.337 e. The fourth-order valence-electron chi connectivity index (χ4n) is 3.88. The quantitative estimate of drug-likeness (QED) is 0.840. The van der Waals surface area contributed by atoms with Crippen LogP contribution in [-0.2, 0) is 11.2 Å². The van der Waals surface area contributed by atoms with Gasteiger partial charge in [-0.25, -0.2) is 19.6 Å². The third-order valence-corrected chi connectivity index (χ3v) is 5.10. The number of carbonyl (C=O) groups is 2. The minimum Gasteiger partial charge on any atom is -0.465 e. The number of hydrogen-bond donors (Lipinski definition) is 1. The number of methoxy groups -OCH3 is 1. The fraction of sp³-hybridized carbons (Fsp3) is 0.368. The number of amides is 2. The minimum atomic E-state index is -0.399. The van der Waals surface area contributed by atoms with Crippen LogP contribution in [0.1, 0.15) is 46.3 Å². The van der Waals surface area contributed by atoms with Crippen LogP contribution in [-0.4, -0.2) is 40.0 Å². The van der Waals surface area contributed by atoms with Gasteiger partial charge in [0.05, 0.1) is 24.4 Å². The number of anilines is 1. The van der Waals surface area contributed by atoms with Crippen LogP contribution in [0.25, 0.3) is 0 Å². The Kier molecular flexibility index (Phi) is 4.06. The highest BCUT2D eigenvalue weighted by atomic mass is 16.5. The van der Waals surface area contributed by atoms with Gasteiger partial charge in [-0.05, 0) is 44.0 Å². The van der Waals surface area contributed by atoms with E-state index in [1.165, 1.54) is 7.11 Å². The zero-order valence-corrected chi connectivity index (χ0v) is 14.7. The van der Waals surface area contributed by atoms with Gasteiger partial charge in [0.15, 0.2) is 0 Å². The summed E-state index contributed by atoms with van der Waals surface area (Å²) < 4.78 is 4.68. The van der Waals surface area contributed by atoms with Crippen molar-refractivity contribution < 1.29 is 14.3 Å². The van der Waals surface area contributed by atoms with Gasteiger partial charge < -0.3 is 15.0 Å². The third kappa shape index (κ3) is 2.79. The number of rotatable bonds is 2. The van der Waals surface area contributed by atoms with Crippen LogP contribution >= 0.6 is 0 Å². The molecule has 2 atom stereocenters. The van der Waals surface area contributed by atoms with E-state index in [0.29, 0.717) is 11.3 Å². The first-order valence-corrected chi connectivity index (χ1v) is 8.67. The molecule has 2 aliphatic rings. The lowest BCUT2D eigenvalue weighted by Crippen LogP contribution is -2.44. The first-order valence-electron chi connectivity index (χ1n) is 8.67. The molecule has 2 amide bonds. The van der Waals surface area contributed by atoms with E-state index in [0.717, 1.165) is 36.3 Å². The van der Waals surface area contributed by atoms with Crippen molar-refractivity contribution in [2.75, 3.05) is 12.4 Å². The summed E-state index contributed by atoms with van der Waals surface area (Å²) in [5.41, 5.74) is 3.22. The first-order chi connectivity index (χ1) is 12.6. The number of benzene rings is 1. The predicted octanol–water partition coefficient (Wildman–Crippen LogP) is 2.87. The Morgan fingerprint density at radius 1 is 1.23 bits per heavy atom. The highest BCUT2D eigenvalue weighted by Gasteiger charge is 2.43. The Hall–Kier alpha value is -2.96. The smallest absolute Gasteiger partial charge is 0.337 e. The average Bonchev–Trinajstić information content (AvgIpc) is 2.97. The highest BCUT2D eigenvalue weighted by molar-refractivity contribution is 5.92. The van der Waals surface area contributed by atoms with Gasteiger partial charge in [0.2, 0.25) is 0 Å². The molecular weight excluding hydrogens is 332 g/mol. The van der Waals surface area contributed by atoms with E-state index in [1.54, 1.807) is 24.3 Å². The Bertz CT molecular complexity index is 866. The van der Waals surface area contributed by atoms with Crippen LogP contribution < -0.4 is 5.32 Å². The number of carbonyl (C=O) groups excluding carboxylic acids is 2. The van der Waals surface area contributed by atoms with E-state index in [2.05, 4.69) is 20.0 Å². The topological polar surface area (TPSA) is 84.4 Å². The third-order valence-electron chi connectivity index (χ3n) is 5.10. The number of aryl methyl sites for hydroxylation is 1. The number of hydrogen-bond acceptors (Lipinski definition) is 5. The lowest BCUT2D eigenvalue weighted by molar-refractivity contribution is 0.0600. The second-order valence-corrected chi connectivity index (χ2v) is 6.68. The molecule has 4 rings (SSSR count). The minimum absolute atomic E-state index is 0.0266. The molecule has 2 aromatic rings. The molecule has 0 saturated carbocycles. The number of esters is 1. The average molecular weight is 352 g/mol. The summed E-state index contributed by atoms with van der Waals surface area (Å²) in [6.45, 7) is 1.89. The summed E-state index contributed by atoms with van der Waals surface area (Å²) in [5.74, 6) is 0.371. The SMILES string of the molecule is COC(=O)c1ccc(NC(=O)N2[C@H]3CC[C@@H]2c2cnc(C)nc2C3)cc1. The van der Waals surface area contributed by atoms with Crippen molar-refractivity contribution in [2.24, 2.45) is 0 Å². The van der Waals surface area contributed by atoms with Gasteiger partial charge in [-0.15, -0.1) is 0 Å². The fourth-order valence-corrected chi connectivity index (χ4v) is 3.88. The van der Waals surface area contributed by atoms with Crippen molar-refractivity contribution in [2.45, 2.75) is 38.3 Å². The van der Waals surface area contributed by atoms with E-state index in [-0.39, 0.29) is 18.1 Å². The molecule has 1 aromatic carbocycles. The van der Waals surface area contributed by atoms with Gasteiger partial charge in [-0.1, -0.05) is 0 Å². The van der Waals surface area contributed by atoms with Gasteiger partial charge in [0, 0.05) is 29.9 Å². The largest absolute Gasteiger partial charge is 0.465 e. The van der Waals surface area contributed by atoms with Gasteiger partial charge in [-0.3, -0.25) is 0 Å². The first kappa shape index (κ1) is 16.5. The Balaban J connectivity index is 1.52. The molecule has 1 saturated heterocycles. The van der Waals surface area contributed by atoms with Crippen LogP contribution in [0, 0.1) is 6.92 Å². The summed E-state index contributed by atoms with van der Waals surface area (Å²) in [7, 11) is 1.34. The number of fused-ring (bicyclic) bond motifs is 4. The Labute approximate surface area is 151 Å². The Morgan fingerprint density at radius 2 is 2.00 bits per heavy atom. The van der Waals surface area contributed by atoms with Crippen LogP contribution in [0.15, 0.2) is 30.5 Å². The summed E-state index contributed by atoms with van der Waals surface area (Å²) in [4.78, 5) is 35.1. The molecule has 2 aliphatic heterocycles. The van der Waals surface area contributed by atoms with E-state index in [4.69, 9.17) is 0 Å². The van der Waals surface area contributed by atoms with E-state index < -0.39 is 5.97 Å². The molecule has 0 radical (unpaired) electrons. The standard InChI is InChI=1S/C19H20N4O3/c1-11-20-10-15-16(21-11)9-14-7-8-17(15)23(14)19(25)22-13-5-3-12(4-6-13)18(24)26-2/h3-6,10,14,17H,7-9H2,1-2H3,(H,22,25)/t14-,17+/m0/s1. The molecule has 0 unspecified atom stereocenters. The number of ether oxygens (including phenoxy) is 1. The molecule has 7 nitrogen and oxygen atoms in total. The molecule has 1 N–H and O–H groups in total. The summed E-state index contributed by atoms with van der Waals surface area (Å²) in [6.07, 6.45) is 4.52. The van der Waals surface area contributed by atoms with Crippen LogP contribution in [0.2, 0.25) is 0 Å². The summed E-state index contributed by atoms with van der Waals surface area (Å²) >= 11 is 0. The molecule has 26 heavy (non-hydrogen) atoms. The molecule has 1 fully saturated rings. The van der Waals surface area contributed by atoms with Crippen LogP contribution in [0.3, 0.4) is 0 Å². The molecule has 0 aliphatic carbocycles. The lowest BCUT2D eigenvalue weighted by atomic mass is 9.99. The molecule has 7 heteroatoms. The monoisotopic (exact) mass is 352 g/mol. The normalized spacial score (nSPS) is 20.5. The predicted molar refractivity (Wildman–Crippen MR) is 94.9 cm³/mol. The van der Waals surface area contributed by atoms with Crippen molar-refractivity contribution in [3.63, 3.8) is 0 Å². The number of nitrogens with zero attached hydrogens (tertiary/aromatic N) is 3. The maximum absolute atomic E-state index is 12.9. The lowest BCUT2D eigenvalue weighted by Gasteiger charge is -2.35. The van der Waals surface area contributed by atoms with E-state index >= 15 is 0 Å². The van der Waals surface area contributed by atoms with Crippen molar-refractivity contribution in [1.29, 1.82) is 0 Å². The molecule has 134 valence electrons. The molecule has 3 heterocycles. The molecule has 0 spiro atoms. The Morgan fingerprint density at radius 3 is 2.73 bits per heavy atom. The van der Waals surface area contributed by atoms with Crippen LogP contribution in [0.4, 0.5) is 10.5 Å². The van der Waals surface area contributed by atoms with Crippen molar-refractivity contribution >= 4 is 17.7 Å². The van der Waals surface area contributed by atoms with Crippen molar-refractivity contribution in [3.05, 3.63) is 53.1 Å². The zero-order chi connectivity index (χ0) is 18.3. The second kappa shape index (κ2) is 6.40. The summed E-state index contributed by atoms with van der Waals surface area (Å²) in [6, 6.07) is 6.74. The maximum atomic E-state index is 12.9. The zero-order valence-electron chi connectivity index (χ0n) is 14.7. The molecular formula is C19H20N4O3. The number of nitrogens with one attached hydrogen (secondary N) is 1. The van der Waals surface area contributed by atoms with Gasteiger partial charge in [-0.2, -0.15) is 0 Å². The molecule has 1 aromatic heterocycles. The number of aromatic nitrogens is 2. The van der Waals surface area contributed by atoms with E-state index in [9.17, 15) is 9.59 Å². The van der Waals surface area contributed by atoms with Gasteiger partial charge in [0.25, 0.3) is 0 Å². The summed E-state index contributed by atoms with van der Waals surface area (Å²) in [5, 5.41) is 2.93. The second-order valence-electron chi connectivity index (χ2n) is 6.68. The van der Waals surface area contributed by atoms with Crippen molar-refractivity contribution in [1.82, 2.24) is 14.9 Å². The van der Waals surface area contributed by atoms with E-state index in [1.807, 2.05) is 18.0 Å². The van der Waals surface area contributed by atoms with Gasteiger partial charge >= 0.3 is 12.0 Å². The highest BCUT2D eigenvalue weighted by Crippen LogP contribution is 2.43. The van der Waals surface area contributed by atoms with Gasteiger partial charge in [0.1, 0.15) is 5.82 Å². The molecule has 2 bridgehead atoms. The van der Waals surface area contributed by atoms with Crippen molar-refractivity contribution in [3.8, 4) is 0 Å². The van der Waals surface area contributed by atoms with Crippen LogP contribution in [0.5, 0.6) is 0 Å².